The van der Waals surface area contributed by atoms with Gasteiger partial charge in [-0.05, 0) is 17.7 Å². The van der Waals surface area contributed by atoms with E-state index in [1.165, 1.54) is 0 Å². The van der Waals surface area contributed by atoms with Crippen molar-refractivity contribution < 1.29 is 0 Å². The molecule has 4 heteroatoms. The zero-order valence-corrected chi connectivity index (χ0v) is 7.91. The van der Waals surface area contributed by atoms with Gasteiger partial charge in [0, 0.05) is 42.7 Å². The molecular formula is C11H8N4. The van der Waals surface area contributed by atoms with E-state index in [0.29, 0.717) is 5.78 Å². The third-order valence-electron chi connectivity index (χ3n) is 2.26. The highest BCUT2D eigenvalue weighted by Crippen LogP contribution is 2.16. The van der Waals surface area contributed by atoms with Crippen molar-refractivity contribution in [2.75, 3.05) is 0 Å². The molecule has 0 atom stereocenters. The van der Waals surface area contributed by atoms with Crippen LogP contribution in [0.3, 0.4) is 0 Å². The first-order chi connectivity index (χ1) is 7.43. The van der Waals surface area contributed by atoms with E-state index in [1.54, 1.807) is 18.6 Å². The monoisotopic (exact) mass is 196 g/mol. The normalized spacial score (nSPS) is 10.7. The highest BCUT2D eigenvalue weighted by Gasteiger charge is 1.99. The summed E-state index contributed by atoms with van der Waals surface area (Å²) in [5.74, 6) is 0.716. The van der Waals surface area contributed by atoms with Crippen molar-refractivity contribution in [1.82, 2.24) is 19.4 Å². The molecule has 0 aliphatic carbocycles. The molecule has 0 saturated heterocycles. The van der Waals surface area contributed by atoms with Gasteiger partial charge in [0.25, 0.3) is 0 Å². The van der Waals surface area contributed by atoms with Gasteiger partial charge in [0.2, 0.25) is 5.78 Å². The maximum absolute atomic E-state index is 4.25. The molecule has 0 bridgehead atoms. The van der Waals surface area contributed by atoms with E-state index in [1.807, 2.05) is 35.1 Å². The second-order valence-electron chi connectivity index (χ2n) is 3.21. The van der Waals surface area contributed by atoms with Gasteiger partial charge in [0.05, 0.1) is 0 Å². The second kappa shape index (κ2) is 3.16. The van der Waals surface area contributed by atoms with E-state index in [9.17, 15) is 0 Å². The van der Waals surface area contributed by atoms with Crippen LogP contribution in [0.25, 0.3) is 16.9 Å². The minimum atomic E-state index is 0.716. The molecule has 0 amide bonds. The van der Waals surface area contributed by atoms with Crippen LogP contribution < -0.4 is 0 Å². The van der Waals surface area contributed by atoms with Crippen LogP contribution in [0.4, 0.5) is 0 Å². The molecule has 0 fully saturated rings. The molecule has 15 heavy (non-hydrogen) atoms. The summed E-state index contributed by atoms with van der Waals surface area (Å²) in [6.45, 7) is 0. The Kier molecular flexibility index (Phi) is 1.71. The topological polar surface area (TPSA) is 43.1 Å². The average Bonchev–Trinajstić information content (AvgIpc) is 2.77. The van der Waals surface area contributed by atoms with E-state index in [2.05, 4.69) is 15.0 Å². The van der Waals surface area contributed by atoms with Gasteiger partial charge >= 0.3 is 0 Å². The minimum absolute atomic E-state index is 0.716. The third kappa shape index (κ3) is 1.36. The van der Waals surface area contributed by atoms with Gasteiger partial charge in [-0.15, -0.1) is 0 Å². The van der Waals surface area contributed by atoms with Gasteiger partial charge in [0.1, 0.15) is 0 Å². The molecule has 0 saturated carbocycles. The summed E-state index contributed by atoms with van der Waals surface area (Å²) in [7, 11) is 0. The maximum atomic E-state index is 4.25. The van der Waals surface area contributed by atoms with Gasteiger partial charge in [-0.1, -0.05) is 0 Å². The van der Waals surface area contributed by atoms with Crippen LogP contribution in [-0.2, 0) is 0 Å². The summed E-state index contributed by atoms with van der Waals surface area (Å²) < 4.78 is 1.90. The van der Waals surface area contributed by atoms with Crippen molar-refractivity contribution in [1.29, 1.82) is 0 Å². The summed E-state index contributed by atoms with van der Waals surface area (Å²) in [4.78, 5) is 12.3. The zero-order valence-electron chi connectivity index (χ0n) is 7.91. The second-order valence-corrected chi connectivity index (χ2v) is 3.21. The first kappa shape index (κ1) is 8.11. The standard InChI is InChI=1S/C11H8N4/c1-3-12-4-2-9(1)10-7-14-11-13-5-6-15(11)8-10/h1-8H. The predicted molar refractivity (Wildman–Crippen MR) is 56.2 cm³/mol. The Hall–Kier alpha value is -2.23. The van der Waals surface area contributed by atoms with Gasteiger partial charge < -0.3 is 0 Å². The summed E-state index contributed by atoms with van der Waals surface area (Å²) in [5, 5.41) is 0. The molecule has 72 valence electrons. The first-order valence-corrected chi connectivity index (χ1v) is 4.62. The van der Waals surface area contributed by atoms with E-state index < -0.39 is 0 Å². The van der Waals surface area contributed by atoms with Gasteiger partial charge in [-0.2, -0.15) is 0 Å². The Morgan fingerprint density at radius 2 is 1.80 bits per heavy atom. The summed E-state index contributed by atoms with van der Waals surface area (Å²) >= 11 is 0. The van der Waals surface area contributed by atoms with Crippen molar-refractivity contribution in [3.8, 4) is 11.1 Å². The number of imidazole rings is 1. The molecule has 0 aliphatic rings. The average molecular weight is 196 g/mol. The van der Waals surface area contributed by atoms with E-state index in [0.717, 1.165) is 11.1 Å². The van der Waals surface area contributed by atoms with Gasteiger partial charge in [0.15, 0.2) is 0 Å². The Morgan fingerprint density at radius 3 is 2.67 bits per heavy atom. The first-order valence-electron chi connectivity index (χ1n) is 4.62. The molecule has 0 spiro atoms. The number of fused-ring (bicyclic) bond motifs is 1. The minimum Gasteiger partial charge on any atom is -0.291 e. The van der Waals surface area contributed by atoms with Crippen LogP contribution in [0.2, 0.25) is 0 Å². The highest BCUT2D eigenvalue weighted by atomic mass is 15.1. The predicted octanol–water partition coefficient (Wildman–Crippen LogP) is 1.79. The summed E-state index contributed by atoms with van der Waals surface area (Å²) in [6.07, 6.45) is 11.0. The molecule has 0 unspecified atom stereocenters. The molecule has 3 aromatic heterocycles. The quantitative estimate of drug-likeness (QED) is 0.596. The van der Waals surface area contributed by atoms with Crippen LogP contribution in [0, 0.1) is 0 Å². The Balaban J connectivity index is 2.19. The number of aromatic nitrogens is 4. The van der Waals surface area contributed by atoms with Crippen LogP contribution >= 0.6 is 0 Å². The molecule has 0 radical (unpaired) electrons. The van der Waals surface area contributed by atoms with Crippen molar-refractivity contribution in [2.24, 2.45) is 0 Å². The van der Waals surface area contributed by atoms with Crippen molar-refractivity contribution in [3.63, 3.8) is 0 Å². The third-order valence-corrected chi connectivity index (χ3v) is 2.26. The number of rotatable bonds is 1. The molecule has 3 heterocycles. The molecule has 0 aromatic carbocycles. The van der Waals surface area contributed by atoms with Crippen molar-refractivity contribution in [3.05, 3.63) is 49.3 Å². The lowest BCUT2D eigenvalue weighted by Crippen LogP contribution is -1.89. The SMILES string of the molecule is c1cc(-c2cnc3nccn3c2)ccn1. The molecular weight excluding hydrogens is 188 g/mol. The molecule has 3 aromatic rings. The fourth-order valence-electron chi connectivity index (χ4n) is 1.51. The maximum Gasteiger partial charge on any atom is 0.233 e. The zero-order chi connectivity index (χ0) is 10.1. The lowest BCUT2D eigenvalue weighted by atomic mass is 10.1. The van der Waals surface area contributed by atoms with Crippen LogP contribution in [0.5, 0.6) is 0 Å². The number of nitrogens with zero attached hydrogens (tertiary/aromatic N) is 4. The molecule has 0 N–H and O–H groups in total. The Morgan fingerprint density at radius 1 is 0.933 bits per heavy atom. The number of hydrogen-bond donors (Lipinski definition) is 0. The lowest BCUT2D eigenvalue weighted by molar-refractivity contribution is 1.11. The molecule has 0 aliphatic heterocycles. The smallest absolute Gasteiger partial charge is 0.233 e. The fraction of sp³-hybridized carbons (Fsp3) is 0. The van der Waals surface area contributed by atoms with E-state index in [-0.39, 0.29) is 0 Å². The number of pyridine rings is 1. The fourth-order valence-corrected chi connectivity index (χ4v) is 1.51. The number of hydrogen-bond acceptors (Lipinski definition) is 3. The van der Waals surface area contributed by atoms with Gasteiger partial charge in [-0.3, -0.25) is 9.38 Å². The van der Waals surface area contributed by atoms with E-state index >= 15 is 0 Å². The highest BCUT2D eigenvalue weighted by molar-refractivity contribution is 5.61. The van der Waals surface area contributed by atoms with Crippen molar-refractivity contribution in [2.45, 2.75) is 0 Å². The summed E-state index contributed by atoms with van der Waals surface area (Å²) in [5.41, 5.74) is 2.16. The Labute approximate surface area is 86.3 Å². The van der Waals surface area contributed by atoms with Crippen LogP contribution in [-0.4, -0.2) is 19.4 Å². The van der Waals surface area contributed by atoms with Crippen LogP contribution in [0.1, 0.15) is 0 Å². The largest absolute Gasteiger partial charge is 0.291 e. The summed E-state index contributed by atoms with van der Waals surface area (Å²) in [6, 6.07) is 3.92. The lowest BCUT2D eigenvalue weighted by Gasteiger charge is -2.00. The van der Waals surface area contributed by atoms with Crippen LogP contribution in [0.15, 0.2) is 49.3 Å². The van der Waals surface area contributed by atoms with Crippen molar-refractivity contribution >= 4 is 5.78 Å². The Bertz CT molecular complexity index is 586. The molecule has 4 nitrogen and oxygen atoms in total. The molecule has 3 rings (SSSR count). The van der Waals surface area contributed by atoms with Gasteiger partial charge in [-0.25, -0.2) is 9.97 Å². The van der Waals surface area contributed by atoms with E-state index in [4.69, 9.17) is 0 Å².